The van der Waals surface area contributed by atoms with Crippen LogP contribution in [0.3, 0.4) is 0 Å². The SMILES string of the molecule is COc1ccc(-c2cc(NC3CCN(CC4CCN4C(=O)OC(C)(C)C)CC3)cc(-c3ccc(N4CCN(C)CC4)cc3)n2)cc1. The minimum absolute atomic E-state index is 0.185. The van der Waals surface area contributed by atoms with Gasteiger partial charge in [0.2, 0.25) is 0 Å². The Morgan fingerprint density at radius 3 is 2.00 bits per heavy atom. The molecule has 3 aliphatic rings. The summed E-state index contributed by atoms with van der Waals surface area (Å²) in [5.74, 6) is 0.834. The number of rotatable bonds is 8. The maximum Gasteiger partial charge on any atom is 0.410 e. The molecular formula is C37H50N6O3. The van der Waals surface area contributed by atoms with E-state index in [1.165, 1.54) is 5.69 Å². The zero-order valence-electron chi connectivity index (χ0n) is 28.2. The Hall–Kier alpha value is -3.82. The van der Waals surface area contributed by atoms with Crippen LogP contribution in [0, 0.1) is 0 Å². The quantitative estimate of drug-likeness (QED) is 0.324. The number of anilines is 2. The van der Waals surface area contributed by atoms with E-state index in [1.807, 2.05) is 37.8 Å². The highest BCUT2D eigenvalue weighted by Crippen LogP contribution is 2.31. The molecule has 0 radical (unpaired) electrons. The molecule has 2 aromatic carbocycles. The summed E-state index contributed by atoms with van der Waals surface area (Å²) < 4.78 is 11.0. The van der Waals surface area contributed by atoms with E-state index in [1.54, 1.807) is 7.11 Å². The monoisotopic (exact) mass is 626 g/mol. The summed E-state index contributed by atoms with van der Waals surface area (Å²) in [6.07, 6.45) is 2.96. The summed E-state index contributed by atoms with van der Waals surface area (Å²) in [6.45, 7) is 13.8. The Morgan fingerprint density at radius 1 is 0.848 bits per heavy atom. The van der Waals surface area contributed by atoms with Crippen molar-refractivity contribution < 1.29 is 14.3 Å². The Bertz CT molecular complexity index is 1460. The van der Waals surface area contributed by atoms with Crippen molar-refractivity contribution in [3.05, 3.63) is 60.7 Å². The zero-order chi connectivity index (χ0) is 32.3. The van der Waals surface area contributed by atoms with Crippen LogP contribution in [0.2, 0.25) is 0 Å². The standard InChI is InChI=1S/C37H50N6O3/c1-37(2,3)46-36(44)43-19-16-32(43)26-41-17-14-29(15-18-41)38-30-24-34(39-35(25-30)28-8-12-33(45-5)13-9-28)27-6-10-31(11-7-27)42-22-20-40(4)21-23-42/h6-13,24-25,29,32H,14-23,26H2,1-5H3,(H,38,39). The fourth-order valence-corrected chi connectivity index (χ4v) is 6.56. The number of carbonyl (C=O) groups is 1. The zero-order valence-corrected chi connectivity index (χ0v) is 28.2. The van der Waals surface area contributed by atoms with Crippen molar-refractivity contribution in [3.63, 3.8) is 0 Å². The highest BCUT2D eigenvalue weighted by molar-refractivity contribution is 5.73. The molecule has 1 amide bonds. The largest absolute Gasteiger partial charge is 0.497 e. The number of aromatic nitrogens is 1. The van der Waals surface area contributed by atoms with Gasteiger partial charge in [-0.1, -0.05) is 12.1 Å². The van der Waals surface area contributed by atoms with E-state index in [2.05, 4.69) is 75.6 Å². The first-order valence-electron chi connectivity index (χ1n) is 16.8. The third-order valence-electron chi connectivity index (χ3n) is 9.44. The van der Waals surface area contributed by atoms with Crippen LogP contribution in [0.25, 0.3) is 22.5 Å². The second-order valence-corrected chi connectivity index (χ2v) is 14.0. The molecule has 0 bridgehead atoms. The van der Waals surface area contributed by atoms with Crippen LogP contribution in [0.4, 0.5) is 16.2 Å². The first-order valence-corrected chi connectivity index (χ1v) is 16.8. The van der Waals surface area contributed by atoms with Crippen molar-refractivity contribution in [1.82, 2.24) is 19.7 Å². The topological polar surface area (TPSA) is 73.4 Å². The Morgan fingerprint density at radius 2 is 1.46 bits per heavy atom. The number of piperidine rings is 1. The van der Waals surface area contributed by atoms with Gasteiger partial charge in [0.05, 0.1) is 18.5 Å². The van der Waals surface area contributed by atoms with Gasteiger partial charge >= 0.3 is 6.09 Å². The van der Waals surface area contributed by atoms with Crippen LogP contribution in [-0.4, -0.2) is 110 Å². The first kappa shape index (κ1) is 32.1. The van der Waals surface area contributed by atoms with Crippen molar-refractivity contribution in [2.75, 3.05) is 76.7 Å². The summed E-state index contributed by atoms with van der Waals surface area (Å²) in [5.41, 5.74) is 5.97. The summed E-state index contributed by atoms with van der Waals surface area (Å²) in [5, 5.41) is 3.86. The normalized spacial score (nSPS) is 19.9. The van der Waals surface area contributed by atoms with E-state index < -0.39 is 5.60 Å². The average molecular weight is 627 g/mol. The predicted molar refractivity (Wildman–Crippen MR) is 186 cm³/mol. The summed E-state index contributed by atoms with van der Waals surface area (Å²) in [6, 6.07) is 22.0. The number of pyridine rings is 1. The van der Waals surface area contributed by atoms with E-state index in [0.29, 0.717) is 6.04 Å². The average Bonchev–Trinajstić information content (AvgIpc) is 3.03. The van der Waals surface area contributed by atoms with Crippen LogP contribution >= 0.6 is 0 Å². The van der Waals surface area contributed by atoms with Crippen LogP contribution in [0.1, 0.15) is 40.0 Å². The first-order chi connectivity index (χ1) is 22.1. The van der Waals surface area contributed by atoms with E-state index in [4.69, 9.17) is 14.5 Å². The molecule has 0 saturated carbocycles. The molecule has 9 heteroatoms. The van der Waals surface area contributed by atoms with Crippen LogP contribution in [0.15, 0.2) is 60.7 Å². The number of benzene rings is 2. The molecule has 3 fully saturated rings. The lowest BCUT2D eigenvalue weighted by molar-refractivity contribution is -0.0132. The van der Waals surface area contributed by atoms with Gasteiger partial charge in [-0.25, -0.2) is 9.78 Å². The number of ether oxygens (including phenoxy) is 2. The molecule has 46 heavy (non-hydrogen) atoms. The molecular weight excluding hydrogens is 576 g/mol. The number of nitrogens with one attached hydrogen (secondary N) is 1. The van der Waals surface area contributed by atoms with Gasteiger partial charge in [0.15, 0.2) is 0 Å². The maximum absolute atomic E-state index is 12.6. The third kappa shape index (κ3) is 7.93. The minimum atomic E-state index is -0.463. The van der Waals surface area contributed by atoms with E-state index >= 15 is 0 Å². The minimum Gasteiger partial charge on any atom is -0.497 e. The maximum atomic E-state index is 12.6. The molecule has 1 unspecified atom stereocenters. The molecule has 4 heterocycles. The van der Waals surface area contributed by atoms with Gasteiger partial charge < -0.3 is 34.4 Å². The molecule has 246 valence electrons. The molecule has 0 spiro atoms. The fraction of sp³-hybridized carbons (Fsp3) is 0.514. The molecule has 3 aromatic rings. The number of likely N-dealkylation sites (tertiary alicyclic amines) is 2. The number of likely N-dealkylation sites (N-methyl/N-ethyl adjacent to an activating group) is 1. The van der Waals surface area contributed by atoms with E-state index in [-0.39, 0.29) is 12.1 Å². The number of nitrogens with zero attached hydrogens (tertiary/aromatic N) is 5. The van der Waals surface area contributed by atoms with Crippen molar-refractivity contribution in [1.29, 1.82) is 0 Å². The molecule has 1 aromatic heterocycles. The lowest BCUT2D eigenvalue weighted by Gasteiger charge is -2.44. The van der Waals surface area contributed by atoms with Crippen molar-refractivity contribution in [2.45, 2.75) is 57.7 Å². The highest BCUT2D eigenvalue weighted by atomic mass is 16.6. The predicted octanol–water partition coefficient (Wildman–Crippen LogP) is 6.06. The van der Waals surface area contributed by atoms with Crippen molar-refractivity contribution >= 4 is 17.5 Å². The second kappa shape index (κ2) is 13.9. The van der Waals surface area contributed by atoms with Crippen molar-refractivity contribution in [2.24, 2.45) is 0 Å². The lowest BCUT2D eigenvalue weighted by atomic mass is 9.99. The number of carbonyl (C=O) groups excluding carboxylic acids is 1. The molecule has 1 N–H and O–H groups in total. The Balaban J connectivity index is 1.13. The second-order valence-electron chi connectivity index (χ2n) is 14.0. The van der Waals surface area contributed by atoms with Gasteiger partial charge in [-0.05, 0) is 95.6 Å². The van der Waals surface area contributed by atoms with Gasteiger partial charge in [-0.2, -0.15) is 0 Å². The molecule has 1 atom stereocenters. The van der Waals surface area contributed by atoms with Crippen LogP contribution in [0.5, 0.6) is 5.75 Å². The van der Waals surface area contributed by atoms with E-state index in [9.17, 15) is 4.79 Å². The third-order valence-corrected chi connectivity index (χ3v) is 9.44. The fourth-order valence-electron chi connectivity index (χ4n) is 6.56. The molecule has 3 aliphatic heterocycles. The van der Waals surface area contributed by atoms with Gasteiger partial charge in [-0.15, -0.1) is 0 Å². The van der Waals surface area contributed by atoms with Gasteiger partial charge in [-0.3, -0.25) is 0 Å². The molecule has 3 saturated heterocycles. The lowest BCUT2D eigenvalue weighted by Crippen LogP contribution is -2.57. The Kier molecular flexibility index (Phi) is 9.70. The van der Waals surface area contributed by atoms with Gasteiger partial charge in [0, 0.05) is 86.9 Å². The molecule has 9 nitrogen and oxygen atoms in total. The molecule has 0 aliphatic carbocycles. The Labute approximate surface area is 274 Å². The highest BCUT2D eigenvalue weighted by Gasteiger charge is 2.36. The summed E-state index contributed by atoms with van der Waals surface area (Å²) in [4.78, 5) is 27.0. The number of hydrogen-bond acceptors (Lipinski definition) is 8. The van der Waals surface area contributed by atoms with Crippen molar-refractivity contribution in [3.8, 4) is 28.3 Å². The smallest absolute Gasteiger partial charge is 0.410 e. The van der Waals surface area contributed by atoms with Crippen LogP contribution < -0.4 is 15.0 Å². The number of piperazine rings is 1. The van der Waals surface area contributed by atoms with Gasteiger partial charge in [0.1, 0.15) is 11.4 Å². The summed E-state index contributed by atoms with van der Waals surface area (Å²) in [7, 11) is 3.88. The number of methoxy groups -OCH3 is 1. The number of amides is 1. The molecule has 6 rings (SSSR count). The van der Waals surface area contributed by atoms with E-state index in [0.717, 1.165) is 106 Å². The van der Waals surface area contributed by atoms with Crippen LogP contribution in [-0.2, 0) is 4.74 Å². The number of hydrogen-bond donors (Lipinski definition) is 1. The summed E-state index contributed by atoms with van der Waals surface area (Å²) >= 11 is 0. The van der Waals surface area contributed by atoms with Gasteiger partial charge in [0.25, 0.3) is 0 Å².